The quantitative estimate of drug-likeness (QED) is 0.603. The van der Waals surface area contributed by atoms with Gasteiger partial charge in [-0.2, -0.15) is 0 Å². The maximum Gasteiger partial charge on any atom is 0.221 e. The number of Topliss-reactive ketones (excluding diaryl/α,β-unsaturated/α-hetero) is 3. The van der Waals surface area contributed by atoms with E-state index in [1.54, 1.807) is 7.05 Å². The molecule has 0 aliphatic heterocycles. The molecule has 0 radical (unpaired) electrons. The highest BCUT2D eigenvalue weighted by molar-refractivity contribution is 5.81. The molecule has 0 aromatic rings. The van der Waals surface area contributed by atoms with Crippen molar-refractivity contribution in [1.82, 2.24) is 10.6 Å². The van der Waals surface area contributed by atoms with Crippen molar-refractivity contribution in [1.29, 1.82) is 0 Å². The van der Waals surface area contributed by atoms with Crippen LogP contribution < -0.4 is 10.6 Å². The third-order valence-electron chi connectivity index (χ3n) is 3.12. The second-order valence-electron chi connectivity index (χ2n) is 5.51. The molecule has 6 heteroatoms. The van der Waals surface area contributed by atoms with Crippen molar-refractivity contribution >= 4 is 23.3 Å². The van der Waals surface area contributed by atoms with Gasteiger partial charge < -0.3 is 15.4 Å². The fourth-order valence-corrected chi connectivity index (χ4v) is 2.08. The summed E-state index contributed by atoms with van der Waals surface area (Å²) in [5.41, 5.74) is 0. The van der Waals surface area contributed by atoms with Crippen LogP contribution in [0.5, 0.6) is 0 Å². The van der Waals surface area contributed by atoms with Crippen LogP contribution in [0.25, 0.3) is 0 Å². The van der Waals surface area contributed by atoms with Crippen LogP contribution in [-0.2, 0) is 19.2 Å². The van der Waals surface area contributed by atoms with Gasteiger partial charge in [0.2, 0.25) is 5.91 Å². The number of hydrogen-bond acceptors (Lipinski definition) is 5. The highest BCUT2D eigenvalue weighted by Crippen LogP contribution is 2.06. The lowest BCUT2D eigenvalue weighted by Crippen LogP contribution is -2.40. The van der Waals surface area contributed by atoms with Crippen LogP contribution in [0, 0.1) is 0 Å². The molecule has 2 N–H and O–H groups in total. The van der Waals surface area contributed by atoms with E-state index in [1.807, 2.05) is 13.8 Å². The zero-order valence-electron chi connectivity index (χ0n) is 15.3. The van der Waals surface area contributed by atoms with E-state index >= 15 is 0 Å². The Hall–Kier alpha value is -1.56. The normalized spacial score (nSPS) is 12.4. The zero-order valence-corrected chi connectivity index (χ0v) is 15.3. The molecular weight excluding hydrogens is 296 g/mol. The summed E-state index contributed by atoms with van der Waals surface area (Å²) in [6.45, 7) is 8.42. The van der Waals surface area contributed by atoms with Gasteiger partial charge in [0.1, 0.15) is 17.3 Å². The maximum absolute atomic E-state index is 12.0. The lowest BCUT2D eigenvalue weighted by Gasteiger charge is -2.19. The minimum Gasteiger partial charge on any atom is -0.353 e. The molecule has 0 aliphatic carbocycles. The molecule has 2 unspecified atom stereocenters. The Balaban J connectivity index is 0. The third-order valence-corrected chi connectivity index (χ3v) is 3.12. The summed E-state index contributed by atoms with van der Waals surface area (Å²) in [4.78, 5) is 45.3. The fourth-order valence-electron chi connectivity index (χ4n) is 2.08. The predicted octanol–water partition coefficient (Wildman–Crippen LogP) is 1.80. The lowest BCUT2D eigenvalue weighted by molar-refractivity contribution is -0.124. The van der Waals surface area contributed by atoms with Crippen molar-refractivity contribution in [2.75, 3.05) is 7.05 Å². The highest BCUT2D eigenvalue weighted by atomic mass is 16.2. The summed E-state index contributed by atoms with van der Waals surface area (Å²) in [5, 5.41) is 5.70. The molecule has 2 atom stereocenters. The Bertz CT molecular complexity index is 394. The van der Waals surface area contributed by atoms with Crippen LogP contribution in [0.3, 0.4) is 0 Å². The second kappa shape index (κ2) is 14.1. The SMILES string of the molecule is CC.CNC(CC(C)=O)CC(=O)NC(CCC(C)=O)CC(C)=O. The van der Waals surface area contributed by atoms with Crippen LogP contribution in [-0.4, -0.2) is 42.4 Å². The molecule has 6 nitrogen and oxygen atoms in total. The van der Waals surface area contributed by atoms with Gasteiger partial charge in [-0.1, -0.05) is 13.8 Å². The monoisotopic (exact) mass is 328 g/mol. The molecule has 0 bridgehead atoms. The van der Waals surface area contributed by atoms with E-state index < -0.39 is 0 Å². The Morgan fingerprint density at radius 2 is 1.26 bits per heavy atom. The van der Waals surface area contributed by atoms with Crippen molar-refractivity contribution in [3.63, 3.8) is 0 Å². The number of ketones is 3. The molecule has 0 saturated heterocycles. The standard InChI is InChI=1S/C15H26N2O4.C2H6/c1-10(18)5-6-13(7-11(2)19)17-15(21)9-14(16-4)8-12(3)20;1-2/h13-14,16H,5-9H2,1-4H3,(H,17,21);1-2H3. The fraction of sp³-hybridized carbons (Fsp3) is 0.765. The van der Waals surface area contributed by atoms with Crippen LogP contribution in [0.15, 0.2) is 0 Å². The predicted molar refractivity (Wildman–Crippen MR) is 91.3 cm³/mol. The number of carbonyl (C=O) groups is 4. The van der Waals surface area contributed by atoms with Crippen LogP contribution in [0.4, 0.5) is 0 Å². The molecule has 1 amide bonds. The van der Waals surface area contributed by atoms with Crippen LogP contribution >= 0.6 is 0 Å². The average molecular weight is 328 g/mol. The summed E-state index contributed by atoms with van der Waals surface area (Å²) in [5.74, 6) is -0.204. The summed E-state index contributed by atoms with van der Waals surface area (Å²) >= 11 is 0. The molecule has 23 heavy (non-hydrogen) atoms. The van der Waals surface area contributed by atoms with Crippen molar-refractivity contribution in [3.05, 3.63) is 0 Å². The van der Waals surface area contributed by atoms with Crippen LogP contribution in [0.2, 0.25) is 0 Å². The van der Waals surface area contributed by atoms with E-state index in [-0.39, 0.29) is 54.6 Å². The molecular formula is C17H32N2O4. The number of carbonyl (C=O) groups excluding carboxylic acids is 4. The van der Waals surface area contributed by atoms with E-state index in [4.69, 9.17) is 0 Å². The smallest absolute Gasteiger partial charge is 0.221 e. The van der Waals surface area contributed by atoms with E-state index in [0.717, 1.165) is 0 Å². The Morgan fingerprint density at radius 3 is 1.65 bits per heavy atom. The first-order valence-electron chi connectivity index (χ1n) is 8.19. The number of hydrogen-bond donors (Lipinski definition) is 2. The first-order valence-corrected chi connectivity index (χ1v) is 8.19. The van der Waals surface area contributed by atoms with Gasteiger partial charge in [0, 0.05) is 37.8 Å². The zero-order chi connectivity index (χ0) is 18.4. The Kier molecular flexibility index (Phi) is 14.5. The van der Waals surface area contributed by atoms with Gasteiger partial charge in [-0.3, -0.25) is 14.4 Å². The molecule has 0 heterocycles. The van der Waals surface area contributed by atoms with Gasteiger partial charge in [0.25, 0.3) is 0 Å². The number of rotatable bonds is 11. The van der Waals surface area contributed by atoms with Gasteiger partial charge in [-0.05, 0) is 34.2 Å². The third kappa shape index (κ3) is 15.1. The second-order valence-corrected chi connectivity index (χ2v) is 5.51. The first kappa shape index (κ1) is 23.7. The van der Waals surface area contributed by atoms with Gasteiger partial charge >= 0.3 is 0 Å². The summed E-state index contributed by atoms with van der Waals surface area (Å²) in [6, 6.07) is -0.540. The molecule has 0 spiro atoms. The summed E-state index contributed by atoms with van der Waals surface area (Å²) < 4.78 is 0. The van der Waals surface area contributed by atoms with Crippen LogP contribution in [0.1, 0.15) is 66.7 Å². The molecule has 134 valence electrons. The molecule has 0 saturated carbocycles. The highest BCUT2D eigenvalue weighted by Gasteiger charge is 2.18. The van der Waals surface area contributed by atoms with E-state index in [1.165, 1.54) is 20.8 Å². The maximum atomic E-state index is 12.0. The largest absolute Gasteiger partial charge is 0.353 e. The average Bonchev–Trinajstić information content (AvgIpc) is 2.45. The minimum absolute atomic E-state index is 0.0130. The van der Waals surface area contributed by atoms with Gasteiger partial charge in [0.15, 0.2) is 0 Å². The number of amides is 1. The summed E-state index contributed by atoms with van der Waals surface area (Å²) in [7, 11) is 1.70. The molecule has 0 fully saturated rings. The van der Waals surface area contributed by atoms with Crippen molar-refractivity contribution in [3.8, 4) is 0 Å². The molecule has 0 aromatic heterocycles. The number of nitrogens with one attached hydrogen (secondary N) is 2. The molecule has 0 aromatic carbocycles. The Morgan fingerprint density at radius 1 is 0.783 bits per heavy atom. The topological polar surface area (TPSA) is 92.3 Å². The lowest BCUT2D eigenvalue weighted by atomic mass is 10.0. The minimum atomic E-state index is -0.325. The molecule has 0 aliphatic rings. The van der Waals surface area contributed by atoms with E-state index in [0.29, 0.717) is 12.8 Å². The first-order chi connectivity index (χ1) is 10.7. The van der Waals surface area contributed by atoms with Crippen molar-refractivity contribution < 1.29 is 19.2 Å². The van der Waals surface area contributed by atoms with Crippen molar-refractivity contribution in [2.45, 2.75) is 78.8 Å². The van der Waals surface area contributed by atoms with E-state index in [2.05, 4.69) is 10.6 Å². The molecule has 0 rings (SSSR count). The van der Waals surface area contributed by atoms with Gasteiger partial charge in [-0.25, -0.2) is 0 Å². The summed E-state index contributed by atoms with van der Waals surface area (Å²) in [6.07, 6.45) is 1.47. The van der Waals surface area contributed by atoms with Crippen molar-refractivity contribution in [2.24, 2.45) is 0 Å². The van der Waals surface area contributed by atoms with Gasteiger partial charge in [-0.15, -0.1) is 0 Å². The van der Waals surface area contributed by atoms with Gasteiger partial charge in [0.05, 0.1) is 0 Å². The Labute approximate surface area is 139 Å². The van der Waals surface area contributed by atoms with E-state index in [9.17, 15) is 19.2 Å².